The highest BCUT2D eigenvalue weighted by atomic mass is 16.4. The standard InChI is InChI=1S/C8H15NO3/c1-5-3-4-9(8(11)12)7(5)6(2)10/h5-7,10H,3-4H2,1-2H3,(H,11,12). The van der Waals surface area contributed by atoms with Crippen molar-refractivity contribution in [1.82, 2.24) is 4.90 Å². The van der Waals surface area contributed by atoms with E-state index in [9.17, 15) is 9.90 Å². The minimum atomic E-state index is -0.926. The lowest BCUT2D eigenvalue weighted by atomic mass is 9.99. The number of likely N-dealkylation sites (tertiary alicyclic amines) is 1. The summed E-state index contributed by atoms with van der Waals surface area (Å²) in [5, 5.41) is 18.1. The summed E-state index contributed by atoms with van der Waals surface area (Å²) in [5.74, 6) is 0.265. The number of aliphatic hydroxyl groups is 1. The first-order valence-corrected chi connectivity index (χ1v) is 4.21. The molecule has 2 N–H and O–H groups in total. The molecule has 0 aliphatic carbocycles. The highest BCUT2D eigenvalue weighted by molar-refractivity contribution is 5.66. The largest absolute Gasteiger partial charge is 0.465 e. The molecule has 0 saturated carbocycles. The Labute approximate surface area is 71.8 Å². The summed E-state index contributed by atoms with van der Waals surface area (Å²) in [6.07, 6.45) is -0.647. The lowest BCUT2D eigenvalue weighted by molar-refractivity contribution is 0.0652. The van der Waals surface area contributed by atoms with Gasteiger partial charge in [0.05, 0.1) is 12.1 Å². The Morgan fingerprint density at radius 2 is 2.25 bits per heavy atom. The van der Waals surface area contributed by atoms with E-state index in [-0.39, 0.29) is 12.0 Å². The van der Waals surface area contributed by atoms with Crippen LogP contribution in [0.1, 0.15) is 20.3 Å². The van der Waals surface area contributed by atoms with Crippen molar-refractivity contribution in [1.29, 1.82) is 0 Å². The summed E-state index contributed by atoms with van der Waals surface area (Å²) in [5.41, 5.74) is 0. The van der Waals surface area contributed by atoms with Crippen molar-refractivity contribution in [2.45, 2.75) is 32.4 Å². The topological polar surface area (TPSA) is 60.8 Å². The van der Waals surface area contributed by atoms with Crippen molar-refractivity contribution >= 4 is 6.09 Å². The number of carboxylic acid groups (broad SMARTS) is 1. The molecule has 12 heavy (non-hydrogen) atoms. The van der Waals surface area contributed by atoms with Crippen LogP contribution in [-0.4, -0.2) is 39.9 Å². The van der Waals surface area contributed by atoms with Gasteiger partial charge in [-0.25, -0.2) is 4.79 Å². The van der Waals surface area contributed by atoms with Crippen LogP contribution >= 0.6 is 0 Å². The number of aliphatic hydroxyl groups excluding tert-OH is 1. The Bertz CT molecular complexity index is 181. The first-order chi connectivity index (χ1) is 5.54. The van der Waals surface area contributed by atoms with Crippen LogP contribution in [0.4, 0.5) is 4.79 Å². The third kappa shape index (κ3) is 1.53. The summed E-state index contributed by atoms with van der Waals surface area (Å²) in [4.78, 5) is 12.0. The maximum atomic E-state index is 10.7. The molecule has 1 aliphatic heterocycles. The van der Waals surface area contributed by atoms with Crippen molar-refractivity contribution in [2.24, 2.45) is 5.92 Å². The molecular formula is C8H15NO3. The number of amides is 1. The Morgan fingerprint density at radius 3 is 2.58 bits per heavy atom. The molecular weight excluding hydrogens is 158 g/mol. The van der Waals surface area contributed by atoms with Gasteiger partial charge >= 0.3 is 6.09 Å². The van der Waals surface area contributed by atoms with E-state index in [0.717, 1.165) is 6.42 Å². The molecule has 0 aromatic rings. The van der Waals surface area contributed by atoms with E-state index in [1.165, 1.54) is 4.90 Å². The van der Waals surface area contributed by atoms with Gasteiger partial charge in [-0.05, 0) is 19.3 Å². The lowest BCUT2D eigenvalue weighted by Gasteiger charge is -2.26. The number of nitrogens with zero attached hydrogens (tertiary/aromatic N) is 1. The zero-order valence-electron chi connectivity index (χ0n) is 7.40. The highest BCUT2D eigenvalue weighted by Crippen LogP contribution is 2.26. The van der Waals surface area contributed by atoms with E-state index in [2.05, 4.69) is 0 Å². The average Bonchev–Trinajstić information content (AvgIpc) is 2.30. The molecule has 3 unspecified atom stereocenters. The Morgan fingerprint density at radius 1 is 1.67 bits per heavy atom. The van der Waals surface area contributed by atoms with Crippen molar-refractivity contribution < 1.29 is 15.0 Å². The second-order valence-electron chi connectivity index (χ2n) is 3.47. The van der Waals surface area contributed by atoms with Gasteiger partial charge < -0.3 is 15.1 Å². The normalized spacial score (nSPS) is 32.1. The molecule has 70 valence electrons. The SMILES string of the molecule is CC(O)C1C(C)CCN1C(=O)O. The predicted octanol–water partition coefficient (Wildman–Crippen LogP) is 0.756. The molecule has 4 nitrogen and oxygen atoms in total. The number of carbonyl (C=O) groups is 1. The molecule has 1 saturated heterocycles. The zero-order chi connectivity index (χ0) is 9.30. The van der Waals surface area contributed by atoms with Crippen molar-refractivity contribution in [3.63, 3.8) is 0 Å². The van der Waals surface area contributed by atoms with Crippen LogP contribution in [0.25, 0.3) is 0 Å². The number of hydrogen-bond acceptors (Lipinski definition) is 2. The van der Waals surface area contributed by atoms with E-state index < -0.39 is 12.2 Å². The van der Waals surface area contributed by atoms with Crippen molar-refractivity contribution in [3.8, 4) is 0 Å². The molecule has 1 amide bonds. The molecule has 0 spiro atoms. The van der Waals surface area contributed by atoms with E-state index in [0.29, 0.717) is 6.54 Å². The van der Waals surface area contributed by atoms with Gasteiger partial charge in [0, 0.05) is 6.54 Å². The second-order valence-corrected chi connectivity index (χ2v) is 3.47. The van der Waals surface area contributed by atoms with Gasteiger partial charge in [-0.2, -0.15) is 0 Å². The average molecular weight is 173 g/mol. The van der Waals surface area contributed by atoms with Crippen LogP contribution in [0, 0.1) is 5.92 Å². The third-order valence-corrected chi connectivity index (χ3v) is 2.51. The molecule has 0 aromatic heterocycles. The van der Waals surface area contributed by atoms with Crippen LogP contribution in [0.15, 0.2) is 0 Å². The smallest absolute Gasteiger partial charge is 0.407 e. The molecule has 0 radical (unpaired) electrons. The van der Waals surface area contributed by atoms with Gasteiger partial charge in [0.15, 0.2) is 0 Å². The van der Waals surface area contributed by atoms with E-state index in [1.807, 2.05) is 6.92 Å². The fraction of sp³-hybridized carbons (Fsp3) is 0.875. The van der Waals surface area contributed by atoms with Gasteiger partial charge in [-0.1, -0.05) is 6.92 Å². The van der Waals surface area contributed by atoms with Gasteiger partial charge in [0.2, 0.25) is 0 Å². The quantitative estimate of drug-likeness (QED) is 0.615. The molecule has 1 aliphatic rings. The maximum Gasteiger partial charge on any atom is 0.407 e. The fourth-order valence-corrected chi connectivity index (χ4v) is 1.93. The monoisotopic (exact) mass is 173 g/mol. The Hall–Kier alpha value is -0.770. The third-order valence-electron chi connectivity index (χ3n) is 2.51. The molecule has 0 aromatic carbocycles. The minimum absolute atomic E-state index is 0.220. The molecule has 3 atom stereocenters. The minimum Gasteiger partial charge on any atom is -0.465 e. The van der Waals surface area contributed by atoms with E-state index >= 15 is 0 Å². The van der Waals surface area contributed by atoms with E-state index in [4.69, 9.17) is 5.11 Å². The van der Waals surface area contributed by atoms with Gasteiger partial charge in [0.1, 0.15) is 0 Å². The van der Waals surface area contributed by atoms with Crippen molar-refractivity contribution in [3.05, 3.63) is 0 Å². The van der Waals surface area contributed by atoms with E-state index in [1.54, 1.807) is 6.92 Å². The first-order valence-electron chi connectivity index (χ1n) is 4.21. The van der Waals surface area contributed by atoms with Crippen LogP contribution in [-0.2, 0) is 0 Å². The van der Waals surface area contributed by atoms with Crippen LogP contribution < -0.4 is 0 Å². The highest BCUT2D eigenvalue weighted by Gasteiger charge is 2.37. The van der Waals surface area contributed by atoms with Crippen LogP contribution in [0.5, 0.6) is 0 Å². The Balaban J connectivity index is 2.70. The summed E-state index contributed by atoms with van der Waals surface area (Å²) in [6.45, 7) is 4.16. The molecule has 1 fully saturated rings. The van der Waals surface area contributed by atoms with Gasteiger partial charge in [-0.15, -0.1) is 0 Å². The number of rotatable bonds is 1. The first kappa shape index (κ1) is 9.32. The molecule has 1 heterocycles. The molecule has 0 bridgehead atoms. The maximum absolute atomic E-state index is 10.7. The molecule has 1 rings (SSSR count). The lowest BCUT2D eigenvalue weighted by Crippen LogP contribution is -2.43. The second kappa shape index (κ2) is 3.31. The predicted molar refractivity (Wildman–Crippen MR) is 44.0 cm³/mol. The van der Waals surface area contributed by atoms with Crippen LogP contribution in [0.2, 0.25) is 0 Å². The van der Waals surface area contributed by atoms with Crippen molar-refractivity contribution in [2.75, 3.05) is 6.54 Å². The van der Waals surface area contributed by atoms with Crippen LogP contribution in [0.3, 0.4) is 0 Å². The fourth-order valence-electron chi connectivity index (χ4n) is 1.93. The van der Waals surface area contributed by atoms with Gasteiger partial charge in [-0.3, -0.25) is 0 Å². The number of hydrogen-bond donors (Lipinski definition) is 2. The summed E-state index contributed by atoms with van der Waals surface area (Å²) >= 11 is 0. The Kier molecular flexibility index (Phi) is 2.57. The summed E-state index contributed by atoms with van der Waals surface area (Å²) in [7, 11) is 0. The summed E-state index contributed by atoms with van der Waals surface area (Å²) in [6, 6.07) is -0.220. The zero-order valence-corrected chi connectivity index (χ0v) is 7.40. The summed E-state index contributed by atoms with van der Waals surface area (Å²) < 4.78 is 0. The van der Waals surface area contributed by atoms with Gasteiger partial charge in [0.25, 0.3) is 0 Å². The molecule has 4 heteroatoms.